The maximum absolute atomic E-state index is 10.3. The molecular weight excluding hydrogens is 566 g/mol. The van der Waals surface area contributed by atoms with Crippen molar-refractivity contribution in [3.05, 3.63) is 70.7 Å². The molecule has 1 aliphatic rings. The smallest absolute Gasteiger partial charge is 0.226 e. The van der Waals surface area contributed by atoms with Crippen LogP contribution in [0.4, 0.5) is 0 Å². The fraction of sp³-hybridized carbons (Fsp3) is 0.364. The van der Waals surface area contributed by atoms with Gasteiger partial charge < -0.3 is 28.1 Å². The van der Waals surface area contributed by atoms with E-state index in [9.17, 15) is 5.26 Å². The van der Waals surface area contributed by atoms with E-state index in [2.05, 4.69) is 6.07 Å². The number of hydrogen-bond acceptors (Lipinski definition) is 10. The summed E-state index contributed by atoms with van der Waals surface area (Å²) in [5.41, 5.74) is 5.69. The molecule has 2 aromatic heterocycles. The van der Waals surface area contributed by atoms with Gasteiger partial charge in [0.25, 0.3) is 0 Å². The number of oxazole rings is 1. The van der Waals surface area contributed by atoms with Gasteiger partial charge in [-0.2, -0.15) is 5.26 Å². The highest BCUT2D eigenvalue weighted by Gasteiger charge is 2.33. The van der Waals surface area contributed by atoms with Crippen molar-refractivity contribution in [3.8, 4) is 45.9 Å². The van der Waals surface area contributed by atoms with Gasteiger partial charge >= 0.3 is 0 Å². The highest BCUT2D eigenvalue weighted by atomic mass is 32.2. The first-order valence-corrected chi connectivity index (χ1v) is 14.9. The van der Waals surface area contributed by atoms with Gasteiger partial charge in [0.2, 0.25) is 5.89 Å². The summed E-state index contributed by atoms with van der Waals surface area (Å²) >= 11 is 1.47. The molecule has 0 N–H and O–H groups in total. The van der Waals surface area contributed by atoms with Gasteiger partial charge in [-0.15, -0.1) is 0 Å². The average Bonchev–Trinajstić information content (AvgIpc) is 3.56. The molecule has 1 saturated heterocycles. The number of benzene rings is 2. The van der Waals surface area contributed by atoms with Crippen molar-refractivity contribution >= 4 is 11.8 Å². The third kappa shape index (κ3) is 6.64. The first-order chi connectivity index (χ1) is 20.6. The predicted molar refractivity (Wildman–Crippen MR) is 164 cm³/mol. The molecule has 0 unspecified atom stereocenters. The molecular formula is C33H35N3O6S. The molecule has 43 heavy (non-hydrogen) atoms. The lowest BCUT2D eigenvalue weighted by Gasteiger charge is -2.17. The Balaban J connectivity index is 1.34. The molecule has 4 aromatic rings. The fourth-order valence-electron chi connectivity index (χ4n) is 4.88. The maximum atomic E-state index is 10.3. The summed E-state index contributed by atoms with van der Waals surface area (Å²) in [6, 6.07) is 15.7. The summed E-state index contributed by atoms with van der Waals surface area (Å²) in [6.45, 7) is 10.5. The van der Waals surface area contributed by atoms with Gasteiger partial charge in [0.1, 0.15) is 35.3 Å². The zero-order chi connectivity index (χ0) is 30.7. The molecule has 1 atom stereocenters. The molecule has 0 amide bonds. The van der Waals surface area contributed by atoms with Crippen molar-refractivity contribution in [2.75, 3.05) is 27.4 Å². The van der Waals surface area contributed by atoms with Crippen molar-refractivity contribution in [1.82, 2.24) is 9.97 Å². The number of hydrogen-bond donors (Lipinski definition) is 0. The first kappa shape index (κ1) is 30.4. The van der Waals surface area contributed by atoms with E-state index in [4.69, 9.17) is 38.1 Å². The van der Waals surface area contributed by atoms with Crippen molar-refractivity contribution in [2.45, 2.75) is 57.3 Å². The van der Waals surface area contributed by atoms with Gasteiger partial charge in [0, 0.05) is 22.6 Å². The van der Waals surface area contributed by atoms with Gasteiger partial charge in [-0.1, -0.05) is 23.9 Å². The molecule has 10 heteroatoms. The monoisotopic (exact) mass is 601 g/mol. The van der Waals surface area contributed by atoms with E-state index >= 15 is 0 Å². The number of thioether (sulfide) groups is 1. The van der Waals surface area contributed by atoms with Gasteiger partial charge in [-0.3, -0.25) is 0 Å². The van der Waals surface area contributed by atoms with Crippen LogP contribution in [-0.4, -0.2) is 49.3 Å². The SMILES string of the molecule is COc1ccc(-c2nc(CSc3nc(C)c(C)c(-c4ccc(OC[C@H]5COC(C)(C)O5)cc4)c3C#N)c(C)o2)cc1OC. The summed E-state index contributed by atoms with van der Waals surface area (Å²) < 4.78 is 34.2. The zero-order valence-corrected chi connectivity index (χ0v) is 26.3. The van der Waals surface area contributed by atoms with E-state index in [1.165, 1.54) is 11.8 Å². The van der Waals surface area contributed by atoms with Crippen molar-refractivity contribution in [1.29, 1.82) is 5.26 Å². The number of nitriles is 1. The van der Waals surface area contributed by atoms with E-state index in [-0.39, 0.29) is 6.10 Å². The van der Waals surface area contributed by atoms with Gasteiger partial charge in [0.05, 0.1) is 32.1 Å². The quantitative estimate of drug-likeness (QED) is 0.176. The van der Waals surface area contributed by atoms with Crippen LogP contribution in [0.3, 0.4) is 0 Å². The summed E-state index contributed by atoms with van der Waals surface area (Å²) in [4.78, 5) is 9.53. The molecule has 3 heterocycles. The van der Waals surface area contributed by atoms with E-state index < -0.39 is 5.79 Å². The maximum Gasteiger partial charge on any atom is 0.226 e. The van der Waals surface area contributed by atoms with Crippen LogP contribution in [0.2, 0.25) is 0 Å². The molecule has 0 saturated carbocycles. The number of rotatable bonds is 10. The van der Waals surface area contributed by atoms with Crippen LogP contribution in [-0.2, 0) is 15.2 Å². The van der Waals surface area contributed by atoms with Crippen LogP contribution in [0.25, 0.3) is 22.6 Å². The summed E-state index contributed by atoms with van der Waals surface area (Å²) in [5, 5.41) is 10.9. The van der Waals surface area contributed by atoms with Crippen molar-refractivity contribution in [2.24, 2.45) is 0 Å². The van der Waals surface area contributed by atoms with Crippen LogP contribution in [0, 0.1) is 32.1 Å². The van der Waals surface area contributed by atoms with E-state index in [0.29, 0.717) is 52.7 Å². The molecule has 2 aromatic carbocycles. The lowest BCUT2D eigenvalue weighted by atomic mass is 9.96. The second-order valence-electron chi connectivity index (χ2n) is 10.7. The lowest BCUT2D eigenvalue weighted by molar-refractivity contribution is -0.141. The third-order valence-corrected chi connectivity index (χ3v) is 8.26. The Morgan fingerprint density at radius 2 is 1.72 bits per heavy atom. The van der Waals surface area contributed by atoms with E-state index in [1.807, 2.05) is 77.1 Å². The summed E-state index contributed by atoms with van der Waals surface area (Å²) in [5.74, 6) is 3.04. The number of nitrogens with zero attached hydrogens (tertiary/aromatic N) is 3. The number of aryl methyl sites for hydroxylation is 2. The molecule has 0 bridgehead atoms. The topological polar surface area (TPSA) is 109 Å². The number of methoxy groups -OCH3 is 2. The number of aromatic nitrogens is 2. The van der Waals surface area contributed by atoms with Crippen LogP contribution >= 0.6 is 11.8 Å². The van der Waals surface area contributed by atoms with Crippen LogP contribution < -0.4 is 14.2 Å². The molecule has 9 nitrogen and oxygen atoms in total. The molecule has 5 rings (SSSR count). The Labute approximate surface area is 256 Å². The van der Waals surface area contributed by atoms with Crippen LogP contribution in [0.5, 0.6) is 17.2 Å². The van der Waals surface area contributed by atoms with Crippen LogP contribution in [0.15, 0.2) is 51.9 Å². The molecule has 1 fully saturated rings. The number of pyridine rings is 1. The molecule has 0 aliphatic carbocycles. The predicted octanol–water partition coefficient (Wildman–Crippen LogP) is 7.04. The Hall–Kier alpha value is -4.04. The normalized spacial score (nSPS) is 15.7. The highest BCUT2D eigenvalue weighted by Crippen LogP contribution is 2.37. The van der Waals surface area contributed by atoms with Crippen molar-refractivity contribution < 1.29 is 28.1 Å². The van der Waals surface area contributed by atoms with E-state index in [1.54, 1.807) is 14.2 Å². The minimum absolute atomic E-state index is 0.118. The van der Waals surface area contributed by atoms with Gasteiger partial charge in [-0.25, -0.2) is 9.97 Å². The standard InChI is InChI=1S/C33H35N3O6S/c1-19-20(2)35-32(43-18-27-21(3)41-31(36-27)23-10-13-28(37-6)29(14-23)38-7)26(15-34)30(19)22-8-11-24(12-9-22)39-16-25-17-40-33(4,5)42-25/h8-14,25H,16-18H2,1-7H3/t25-/m0/s1. The third-order valence-electron chi connectivity index (χ3n) is 7.28. The largest absolute Gasteiger partial charge is 0.493 e. The second kappa shape index (κ2) is 12.7. The molecule has 0 spiro atoms. The molecule has 1 aliphatic heterocycles. The Morgan fingerprint density at radius 3 is 2.37 bits per heavy atom. The van der Waals surface area contributed by atoms with Gasteiger partial charge in [-0.05, 0) is 76.1 Å². The minimum Gasteiger partial charge on any atom is -0.493 e. The minimum atomic E-state index is -0.586. The molecule has 224 valence electrons. The number of ether oxygens (including phenoxy) is 5. The zero-order valence-electron chi connectivity index (χ0n) is 25.4. The van der Waals surface area contributed by atoms with Gasteiger partial charge in [0.15, 0.2) is 17.3 Å². The lowest BCUT2D eigenvalue weighted by Crippen LogP contribution is -2.25. The van der Waals surface area contributed by atoms with E-state index in [0.717, 1.165) is 39.4 Å². The first-order valence-electron chi connectivity index (χ1n) is 13.9. The molecule has 0 radical (unpaired) electrons. The summed E-state index contributed by atoms with van der Waals surface area (Å²) in [7, 11) is 3.19. The van der Waals surface area contributed by atoms with Crippen molar-refractivity contribution in [3.63, 3.8) is 0 Å². The Kier molecular flexibility index (Phi) is 8.97. The second-order valence-corrected chi connectivity index (χ2v) is 11.6. The average molecular weight is 602 g/mol. The Bertz CT molecular complexity index is 1660. The highest BCUT2D eigenvalue weighted by molar-refractivity contribution is 7.98. The summed E-state index contributed by atoms with van der Waals surface area (Å²) in [6.07, 6.45) is -0.118. The Morgan fingerprint density at radius 1 is 1.00 bits per heavy atom. The fourth-order valence-corrected chi connectivity index (χ4v) is 5.91. The van der Waals surface area contributed by atoms with Crippen LogP contribution in [0.1, 0.15) is 42.1 Å².